The van der Waals surface area contributed by atoms with Crippen LogP contribution >= 0.6 is 15.9 Å². The van der Waals surface area contributed by atoms with Gasteiger partial charge >= 0.3 is 6.09 Å². The molecule has 0 aliphatic carbocycles. The van der Waals surface area contributed by atoms with Gasteiger partial charge in [-0.05, 0) is 57.4 Å². The van der Waals surface area contributed by atoms with Crippen molar-refractivity contribution >= 4 is 39.6 Å². The lowest BCUT2D eigenvalue weighted by molar-refractivity contribution is 0.0522. The molecule has 3 atom stereocenters. The highest BCUT2D eigenvalue weighted by Gasteiger charge is 2.68. The van der Waals surface area contributed by atoms with Crippen molar-refractivity contribution in [3.05, 3.63) is 70.7 Å². The average molecular weight is 508 g/mol. The lowest BCUT2D eigenvalue weighted by Crippen LogP contribution is -2.70. The van der Waals surface area contributed by atoms with Crippen molar-refractivity contribution in [2.24, 2.45) is 4.99 Å². The number of halogens is 1. The molecule has 0 aromatic heterocycles. The SMILES string of the molecule is C=CC[C@]12C=NCC[C@@]13c1c(Br)cccc1N(C)[C@H]3N(C(=O)OC(C)(C)C)c1ccccc12. The molecule has 3 heterocycles. The van der Waals surface area contributed by atoms with E-state index in [4.69, 9.17) is 9.73 Å². The Kier molecular flexibility index (Phi) is 5.02. The monoisotopic (exact) mass is 507 g/mol. The standard InChI is InChI=1S/C27H30BrN3O2/c1-6-14-26-17-29-16-15-27(26)22-19(28)11-9-13-21(22)30(5)23(27)31(24(32)33-25(2,3)4)20-12-8-7-10-18(20)26/h6-13,17,23H,1,14-16H2,2-5H3/t23-,26+,27-/m0/s1. The van der Waals surface area contributed by atoms with E-state index in [2.05, 4.69) is 64.9 Å². The van der Waals surface area contributed by atoms with Crippen LogP contribution in [0, 0.1) is 0 Å². The number of aliphatic imine (C=N–C) groups is 1. The zero-order chi connectivity index (χ0) is 23.6. The second kappa shape index (κ2) is 7.45. The molecular formula is C27H30BrN3O2. The minimum Gasteiger partial charge on any atom is -0.443 e. The summed E-state index contributed by atoms with van der Waals surface area (Å²) < 4.78 is 7.04. The van der Waals surface area contributed by atoms with Crippen LogP contribution in [0.4, 0.5) is 16.2 Å². The third-order valence-corrected chi connectivity index (χ3v) is 7.97. The van der Waals surface area contributed by atoms with Gasteiger partial charge in [-0.1, -0.05) is 46.3 Å². The van der Waals surface area contributed by atoms with Crippen molar-refractivity contribution in [3.8, 4) is 0 Å². The highest BCUT2D eigenvalue weighted by molar-refractivity contribution is 9.10. The summed E-state index contributed by atoms with van der Waals surface area (Å²) in [6.45, 7) is 10.6. The highest BCUT2D eigenvalue weighted by atomic mass is 79.9. The molecule has 0 bridgehead atoms. The third kappa shape index (κ3) is 2.89. The Hall–Kier alpha value is -2.60. The van der Waals surface area contributed by atoms with Gasteiger partial charge in [-0.25, -0.2) is 4.79 Å². The lowest BCUT2D eigenvalue weighted by Gasteiger charge is -2.59. The lowest BCUT2D eigenvalue weighted by atomic mass is 9.51. The van der Waals surface area contributed by atoms with Crippen LogP contribution < -0.4 is 9.80 Å². The number of para-hydroxylation sites is 1. The molecule has 172 valence electrons. The Balaban J connectivity index is 1.89. The first-order chi connectivity index (χ1) is 15.7. The van der Waals surface area contributed by atoms with Crippen LogP contribution in [0.25, 0.3) is 0 Å². The van der Waals surface area contributed by atoms with E-state index in [9.17, 15) is 4.79 Å². The molecule has 0 saturated heterocycles. The first kappa shape index (κ1) is 22.2. The first-order valence-electron chi connectivity index (χ1n) is 11.4. The molecule has 3 aliphatic heterocycles. The number of hydrogen-bond donors (Lipinski definition) is 0. The summed E-state index contributed by atoms with van der Waals surface area (Å²) >= 11 is 3.88. The number of carbonyl (C=O) groups is 1. The molecule has 3 aliphatic rings. The molecule has 0 unspecified atom stereocenters. The topological polar surface area (TPSA) is 45.1 Å². The maximum absolute atomic E-state index is 13.8. The molecule has 2 aromatic carbocycles. The van der Waals surface area contributed by atoms with E-state index in [0.717, 1.165) is 34.3 Å². The molecule has 0 radical (unpaired) electrons. The Morgan fingerprint density at radius 3 is 2.70 bits per heavy atom. The average Bonchev–Trinajstić information content (AvgIpc) is 3.01. The summed E-state index contributed by atoms with van der Waals surface area (Å²) in [5.74, 6) is 0. The van der Waals surface area contributed by atoms with E-state index in [1.165, 1.54) is 5.56 Å². The van der Waals surface area contributed by atoms with Gasteiger partial charge in [0.15, 0.2) is 0 Å². The van der Waals surface area contributed by atoms with E-state index < -0.39 is 16.4 Å². The Morgan fingerprint density at radius 1 is 1.24 bits per heavy atom. The molecule has 5 rings (SSSR count). The normalized spacial score (nSPS) is 27.4. The van der Waals surface area contributed by atoms with Crippen LogP contribution in [0.5, 0.6) is 0 Å². The largest absolute Gasteiger partial charge is 0.443 e. The zero-order valence-electron chi connectivity index (χ0n) is 19.6. The number of rotatable bonds is 2. The number of allylic oxidation sites excluding steroid dienone is 1. The zero-order valence-corrected chi connectivity index (χ0v) is 21.2. The number of likely N-dealkylation sites (N-methyl/N-ethyl adjacent to an activating group) is 1. The van der Waals surface area contributed by atoms with Gasteiger partial charge in [0.1, 0.15) is 11.8 Å². The van der Waals surface area contributed by atoms with E-state index >= 15 is 0 Å². The summed E-state index contributed by atoms with van der Waals surface area (Å²) in [6.07, 6.45) is 5.08. The van der Waals surface area contributed by atoms with Gasteiger partial charge in [-0.3, -0.25) is 9.89 Å². The fraction of sp³-hybridized carbons (Fsp3) is 0.407. The molecule has 2 aromatic rings. The van der Waals surface area contributed by atoms with Gasteiger partial charge in [-0.2, -0.15) is 0 Å². The minimum absolute atomic E-state index is 0.261. The van der Waals surface area contributed by atoms with E-state index in [-0.39, 0.29) is 12.3 Å². The van der Waals surface area contributed by atoms with Crippen LogP contribution in [0.3, 0.4) is 0 Å². The smallest absolute Gasteiger partial charge is 0.416 e. The number of amides is 1. The first-order valence-corrected chi connectivity index (χ1v) is 12.2. The van der Waals surface area contributed by atoms with E-state index in [0.29, 0.717) is 6.54 Å². The summed E-state index contributed by atoms with van der Waals surface area (Å²) in [7, 11) is 2.08. The fourth-order valence-electron chi connectivity index (χ4n) is 6.32. The van der Waals surface area contributed by atoms with Crippen molar-refractivity contribution in [1.82, 2.24) is 0 Å². The van der Waals surface area contributed by atoms with Crippen LogP contribution in [-0.4, -0.2) is 37.7 Å². The Bertz CT molecular complexity index is 1170. The van der Waals surface area contributed by atoms with Crippen LogP contribution in [0.15, 0.2) is 64.6 Å². The number of carbonyl (C=O) groups excluding carboxylic acids is 1. The van der Waals surface area contributed by atoms with Gasteiger partial charge in [-0.15, -0.1) is 6.58 Å². The summed E-state index contributed by atoms with van der Waals surface area (Å²) in [4.78, 5) is 22.8. The van der Waals surface area contributed by atoms with E-state index in [1.54, 1.807) is 0 Å². The minimum atomic E-state index is -0.604. The van der Waals surface area contributed by atoms with Crippen molar-refractivity contribution in [2.45, 2.75) is 56.2 Å². The molecular weight excluding hydrogens is 478 g/mol. The second-order valence-corrected chi connectivity index (χ2v) is 11.1. The number of nitrogens with zero attached hydrogens (tertiary/aromatic N) is 3. The van der Waals surface area contributed by atoms with Gasteiger partial charge < -0.3 is 9.64 Å². The highest BCUT2D eigenvalue weighted by Crippen LogP contribution is 2.65. The Morgan fingerprint density at radius 2 is 1.97 bits per heavy atom. The molecule has 5 nitrogen and oxygen atoms in total. The second-order valence-electron chi connectivity index (χ2n) is 10.2. The molecule has 33 heavy (non-hydrogen) atoms. The molecule has 0 saturated carbocycles. The summed E-state index contributed by atoms with van der Waals surface area (Å²) in [5.41, 5.74) is 2.86. The number of benzene rings is 2. The van der Waals surface area contributed by atoms with E-state index in [1.807, 2.05) is 49.9 Å². The van der Waals surface area contributed by atoms with Gasteiger partial charge in [0.25, 0.3) is 0 Å². The van der Waals surface area contributed by atoms with Crippen LogP contribution in [0.2, 0.25) is 0 Å². The van der Waals surface area contributed by atoms with Crippen molar-refractivity contribution in [1.29, 1.82) is 0 Å². The summed E-state index contributed by atoms with van der Waals surface area (Å²) in [5, 5.41) is 0. The quantitative estimate of drug-likeness (QED) is 0.454. The maximum atomic E-state index is 13.8. The van der Waals surface area contributed by atoms with Gasteiger partial charge in [0.2, 0.25) is 0 Å². The van der Waals surface area contributed by atoms with Crippen molar-refractivity contribution < 1.29 is 9.53 Å². The third-order valence-electron chi connectivity index (χ3n) is 7.31. The predicted octanol–water partition coefficient (Wildman–Crippen LogP) is 6.21. The van der Waals surface area contributed by atoms with Crippen molar-refractivity contribution in [2.75, 3.05) is 23.4 Å². The molecule has 6 heteroatoms. The van der Waals surface area contributed by atoms with Crippen molar-refractivity contribution in [3.63, 3.8) is 0 Å². The number of ether oxygens (including phenoxy) is 1. The van der Waals surface area contributed by atoms with Gasteiger partial charge in [0.05, 0.1) is 11.1 Å². The molecule has 1 spiro atoms. The number of anilines is 2. The molecule has 0 N–H and O–H groups in total. The molecule has 1 amide bonds. The fourth-order valence-corrected chi connectivity index (χ4v) is 7.03. The summed E-state index contributed by atoms with van der Waals surface area (Å²) in [6, 6.07) is 14.5. The van der Waals surface area contributed by atoms with Crippen LogP contribution in [0.1, 0.15) is 44.7 Å². The van der Waals surface area contributed by atoms with Crippen LogP contribution in [-0.2, 0) is 15.6 Å². The number of hydrogen-bond acceptors (Lipinski definition) is 4. The maximum Gasteiger partial charge on any atom is 0.416 e. The Labute approximate surface area is 204 Å². The van der Waals surface area contributed by atoms with Gasteiger partial charge in [0, 0.05) is 40.9 Å². The molecule has 0 fully saturated rings. The predicted molar refractivity (Wildman–Crippen MR) is 138 cm³/mol. The number of fused-ring (bicyclic) bond motifs is 3.